The Morgan fingerprint density at radius 2 is 1.79 bits per heavy atom. The molecule has 0 aliphatic carbocycles. The number of amides is 1. The van der Waals surface area contributed by atoms with Crippen molar-refractivity contribution in [3.8, 4) is 0 Å². The lowest BCUT2D eigenvalue weighted by Gasteiger charge is -2.16. The second kappa shape index (κ2) is 7.32. The lowest BCUT2D eigenvalue weighted by atomic mass is 10.2. The number of carbonyl (C=O) groups excluding carboxylic acids is 1. The van der Waals surface area contributed by atoms with Crippen LogP contribution in [0.4, 0.5) is 11.6 Å². The van der Waals surface area contributed by atoms with Gasteiger partial charge in [0, 0.05) is 44.1 Å². The molecule has 0 aliphatic rings. The number of nitrogens with one attached hydrogen (secondary N) is 1. The van der Waals surface area contributed by atoms with Gasteiger partial charge in [-0.25, -0.2) is 9.97 Å². The molecule has 0 saturated carbocycles. The zero-order valence-electron chi connectivity index (χ0n) is 13.3. The van der Waals surface area contributed by atoms with Gasteiger partial charge in [0.05, 0.1) is 5.56 Å². The van der Waals surface area contributed by atoms with E-state index in [0.717, 1.165) is 11.3 Å². The standard InChI is InChI=1S/C18H17N5O/c1-23(16-7-3-2-4-8-16)18-21-12-15(13-22-18)17(24)20-11-14-6-5-9-19-10-14/h2-10,12-13H,11H2,1H3,(H,20,24). The average molecular weight is 319 g/mol. The number of pyridine rings is 1. The summed E-state index contributed by atoms with van der Waals surface area (Å²) in [5, 5.41) is 2.82. The minimum atomic E-state index is -0.215. The lowest BCUT2D eigenvalue weighted by molar-refractivity contribution is 0.0950. The molecule has 6 nitrogen and oxygen atoms in total. The van der Waals surface area contributed by atoms with Gasteiger partial charge in [-0.2, -0.15) is 0 Å². The van der Waals surface area contributed by atoms with Crippen molar-refractivity contribution < 1.29 is 4.79 Å². The number of anilines is 2. The highest BCUT2D eigenvalue weighted by Gasteiger charge is 2.10. The summed E-state index contributed by atoms with van der Waals surface area (Å²) in [5.41, 5.74) is 2.34. The molecule has 0 aliphatic heterocycles. The van der Waals surface area contributed by atoms with Crippen LogP contribution in [0.15, 0.2) is 67.3 Å². The minimum Gasteiger partial charge on any atom is -0.348 e. The molecule has 2 heterocycles. The summed E-state index contributed by atoms with van der Waals surface area (Å²) in [6.45, 7) is 0.415. The normalized spacial score (nSPS) is 10.2. The van der Waals surface area contributed by atoms with E-state index in [1.54, 1.807) is 12.4 Å². The van der Waals surface area contributed by atoms with Crippen LogP contribution in [0, 0.1) is 0 Å². The Kier molecular flexibility index (Phi) is 4.76. The van der Waals surface area contributed by atoms with Gasteiger partial charge in [0.15, 0.2) is 0 Å². The van der Waals surface area contributed by atoms with Crippen molar-refractivity contribution in [2.75, 3.05) is 11.9 Å². The summed E-state index contributed by atoms with van der Waals surface area (Å²) in [6.07, 6.45) is 6.47. The molecule has 6 heteroatoms. The number of aromatic nitrogens is 3. The third-order valence-electron chi connectivity index (χ3n) is 3.52. The van der Waals surface area contributed by atoms with Gasteiger partial charge in [0.1, 0.15) is 0 Å². The van der Waals surface area contributed by atoms with Crippen LogP contribution in [-0.4, -0.2) is 27.9 Å². The number of benzene rings is 1. The molecule has 1 N–H and O–H groups in total. The number of rotatable bonds is 5. The van der Waals surface area contributed by atoms with Crippen molar-refractivity contribution in [3.05, 3.63) is 78.4 Å². The summed E-state index contributed by atoms with van der Waals surface area (Å²) in [5.74, 6) is 0.317. The monoisotopic (exact) mass is 319 g/mol. The van der Waals surface area contributed by atoms with E-state index in [0.29, 0.717) is 18.1 Å². The van der Waals surface area contributed by atoms with E-state index < -0.39 is 0 Å². The van der Waals surface area contributed by atoms with E-state index in [1.165, 1.54) is 12.4 Å². The predicted octanol–water partition coefficient (Wildman–Crippen LogP) is 2.57. The van der Waals surface area contributed by atoms with Crippen molar-refractivity contribution in [2.45, 2.75) is 6.54 Å². The molecule has 0 atom stereocenters. The molecule has 3 aromatic rings. The second-order valence-electron chi connectivity index (χ2n) is 5.21. The Hall–Kier alpha value is -3.28. The molecule has 1 amide bonds. The van der Waals surface area contributed by atoms with E-state index in [4.69, 9.17) is 0 Å². The first kappa shape index (κ1) is 15.6. The summed E-state index contributed by atoms with van der Waals surface area (Å²) < 4.78 is 0. The number of hydrogen-bond acceptors (Lipinski definition) is 5. The van der Waals surface area contributed by atoms with Gasteiger partial charge in [0.25, 0.3) is 5.91 Å². The van der Waals surface area contributed by atoms with E-state index in [1.807, 2.05) is 54.4 Å². The highest BCUT2D eigenvalue weighted by molar-refractivity contribution is 5.93. The molecule has 0 spiro atoms. The van der Waals surface area contributed by atoms with Gasteiger partial charge in [-0.1, -0.05) is 24.3 Å². The maximum absolute atomic E-state index is 12.1. The Labute approximate surface area is 140 Å². The van der Waals surface area contributed by atoms with Gasteiger partial charge in [-0.15, -0.1) is 0 Å². The molecule has 1 aromatic carbocycles. The van der Waals surface area contributed by atoms with Gasteiger partial charge in [-0.3, -0.25) is 9.78 Å². The van der Waals surface area contributed by atoms with Crippen molar-refractivity contribution >= 4 is 17.5 Å². The van der Waals surface area contributed by atoms with E-state index >= 15 is 0 Å². The molecular formula is C18H17N5O. The Morgan fingerprint density at radius 3 is 2.46 bits per heavy atom. The highest BCUT2D eigenvalue weighted by atomic mass is 16.1. The van der Waals surface area contributed by atoms with Crippen LogP contribution < -0.4 is 10.2 Å². The van der Waals surface area contributed by atoms with Crippen LogP contribution >= 0.6 is 0 Å². The van der Waals surface area contributed by atoms with Crippen LogP contribution in [0.5, 0.6) is 0 Å². The number of nitrogens with zero attached hydrogens (tertiary/aromatic N) is 4. The fourth-order valence-electron chi connectivity index (χ4n) is 2.17. The van der Waals surface area contributed by atoms with Gasteiger partial charge in [0.2, 0.25) is 5.95 Å². The van der Waals surface area contributed by atoms with Crippen LogP contribution in [0.3, 0.4) is 0 Å². The smallest absolute Gasteiger partial charge is 0.254 e. The minimum absolute atomic E-state index is 0.215. The van der Waals surface area contributed by atoms with Gasteiger partial charge in [-0.05, 0) is 23.8 Å². The molecule has 0 saturated heterocycles. The van der Waals surface area contributed by atoms with Crippen LogP contribution in [0.2, 0.25) is 0 Å². The van der Waals surface area contributed by atoms with E-state index in [-0.39, 0.29) is 5.91 Å². The molecule has 2 aromatic heterocycles. The van der Waals surface area contributed by atoms with Crippen LogP contribution in [-0.2, 0) is 6.54 Å². The van der Waals surface area contributed by atoms with Crippen molar-refractivity contribution in [3.63, 3.8) is 0 Å². The maximum Gasteiger partial charge on any atom is 0.254 e. The van der Waals surface area contributed by atoms with Gasteiger partial charge >= 0.3 is 0 Å². The molecule has 0 bridgehead atoms. The quantitative estimate of drug-likeness (QED) is 0.782. The largest absolute Gasteiger partial charge is 0.348 e. The summed E-state index contributed by atoms with van der Waals surface area (Å²) in [7, 11) is 1.88. The molecule has 24 heavy (non-hydrogen) atoms. The molecule has 0 unspecified atom stereocenters. The van der Waals surface area contributed by atoms with Crippen molar-refractivity contribution in [2.24, 2.45) is 0 Å². The first-order valence-corrected chi connectivity index (χ1v) is 7.52. The fraction of sp³-hybridized carbons (Fsp3) is 0.111. The summed E-state index contributed by atoms with van der Waals surface area (Å²) >= 11 is 0. The second-order valence-corrected chi connectivity index (χ2v) is 5.21. The lowest BCUT2D eigenvalue weighted by Crippen LogP contribution is -2.23. The zero-order chi connectivity index (χ0) is 16.8. The van der Waals surface area contributed by atoms with Crippen LogP contribution in [0.25, 0.3) is 0 Å². The fourth-order valence-corrected chi connectivity index (χ4v) is 2.17. The Bertz CT molecular complexity index is 791. The SMILES string of the molecule is CN(c1ccccc1)c1ncc(C(=O)NCc2cccnc2)cn1. The summed E-state index contributed by atoms with van der Waals surface area (Å²) in [4.78, 5) is 26.6. The number of hydrogen-bond donors (Lipinski definition) is 1. The third-order valence-corrected chi connectivity index (χ3v) is 3.52. The molecule has 120 valence electrons. The topological polar surface area (TPSA) is 71.0 Å². The first-order chi connectivity index (χ1) is 11.7. The molecule has 3 rings (SSSR count). The van der Waals surface area contributed by atoms with Gasteiger partial charge < -0.3 is 10.2 Å². The maximum atomic E-state index is 12.1. The highest BCUT2D eigenvalue weighted by Crippen LogP contribution is 2.18. The molecular weight excluding hydrogens is 302 g/mol. The van der Waals surface area contributed by atoms with Crippen LogP contribution in [0.1, 0.15) is 15.9 Å². The van der Waals surface area contributed by atoms with E-state index in [9.17, 15) is 4.79 Å². The first-order valence-electron chi connectivity index (χ1n) is 7.52. The van der Waals surface area contributed by atoms with Crippen molar-refractivity contribution in [1.82, 2.24) is 20.3 Å². The number of carbonyl (C=O) groups is 1. The average Bonchev–Trinajstić information content (AvgIpc) is 2.67. The predicted molar refractivity (Wildman–Crippen MR) is 91.9 cm³/mol. The van der Waals surface area contributed by atoms with E-state index in [2.05, 4.69) is 20.3 Å². The number of para-hydroxylation sites is 1. The molecule has 0 radical (unpaired) electrons. The Balaban J connectivity index is 1.64. The van der Waals surface area contributed by atoms with Crippen molar-refractivity contribution in [1.29, 1.82) is 0 Å². The zero-order valence-corrected chi connectivity index (χ0v) is 13.3. The molecule has 0 fully saturated rings. The summed E-state index contributed by atoms with van der Waals surface area (Å²) in [6, 6.07) is 13.5. The Morgan fingerprint density at radius 1 is 1.04 bits per heavy atom. The third kappa shape index (κ3) is 3.73.